The Labute approximate surface area is 140 Å². The van der Waals surface area contributed by atoms with Crippen molar-refractivity contribution in [2.75, 3.05) is 13.7 Å². The molecular formula is C18H21NO5. The molecule has 0 heterocycles. The molecule has 0 aliphatic carbocycles. The molecule has 2 atom stereocenters. The van der Waals surface area contributed by atoms with Gasteiger partial charge in [0.25, 0.3) is 0 Å². The maximum atomic E-state index is 11.8. The van der Waals surface area contributed by atoms with E-state index >= 15 is 0 Å². The van der Waals surface area contributed by atoms with Gasteiger partial charge in [-0.05, 0) is 23.3 Å². The number of hydrogen-bond donors (Lipinski definition) is 3. The maximum Gasteiger partial charge on any atom is 0.408 e. The number of hydrogen-bond acceptors (Lipinski definition) is 4. The number of ether oxygens (including phenoxy) is 1. The van der Waals surface area contributed by atoms with Crippen LogP contribution in [0.4, 0.5) is 4.79 Å². The van der Waals surface area contributed by atoms with Gasteiger partial charge in [0.15, 0.2) is 0 Å². The average Bonchev–Trinajstić information content (AvgIpc) is 2.62. The third-order valence-electron chi connectivity index (χ3n) is 3.79. The summed E-state index contributed by atoms with van der Waals surface area (Å²) in [7, 11) is 1.54. The van der Waals surface area contributed by atoms with Crippen LogP contribution in [-0.2, 0) is 6.54 Å². The zero-order valence-corrected chi connectivity index (χ0v) is 13.4. The Bertz CT molecular complexity index is 644. The van der Waals surface area contributed by atoms with E-state index in [-0.39, 0.29) is 6.54 Å². The number of rotatable bonds is 7. The molecule has 0 aromatic heterocycles. The van der Waals surface area contributed by atoms with Crippen LogP contribution in [0.5, 0.6) is 5.75 Å². The zero-order valence-electron chi connectivity index (χ0n) is 13.4. The lowest BCUT2D eigenvalue weighted by molar-refractivity contribution is 0.0106. The number of carbonyl (C=O) groups is 1. The molecular weight excluding hydrogens is 310 g/mol. The van der Waals surface area contributed by atoms with Gasteiger partial charge in [0.1, 0.15) is 11.9 Å². The van der Waals surface area contributed by atoms with Gasteiger partial charge in [-0.2, -0.15) is 0 Å². The lowest BCUT2D eigenvalue weighted by Crippen LogP contribution is -2.41. The highest BCUT2D eigenvalue weighted by atomic mass is 16.5. The second kappa shape index (κ2) is 8.33. The Kier molecular flexibility index (Phi) is 6.17. The molecule has 0 saturated carbocycles. The van der Waals surface area contributed by atoms with Crippen LogP contribution in [0.15, 0.2) is 54.6 Å². The third-order valence-corrected chi connectivity index (χ3v) is 3.79. The molecule has 0 aliphatic heterocycles. The molecule has 0 fully saturated rings. The Morgan fingerprint density at radius 1 is 1.12 bits per heavy atom. The summed E-state index contributed by atoms with van der Waals surface area (Å²) in [6.07, 6.45) is -2.41. The minimum absolute atomic E-state index is 0.101. The smallest absolute Gasteiger partial charge is 0.408 e. The highest BCUT2D eigenvalue weighted by Gasteiger charge is 2.31. The molecule has 24 heavy (non-hydrogen) atoms. The summed E-state index contributed by atoms with van der Waals surface area (Å²) in [5, 5.41) is 29.2. The van der Waals surface area contributed by atoms with Gasteiger partial charge in [-0.25, -0.2) is 4.79 Å². The van der Waals surface area contributed by atoms with E-state index in [1.54, 1.807) is 24.3 Å². The van der Waals surface area contributed by atoms with E-state index in [2.05, 4.69) is 0 Å². The fourth-order valence-corrected chi connectivity index (χ4v) is 2.58. The topological polar surface area (TPSA) is 90.2 Å². The molecule has 3 N–H and O–H groups in total. The first-order valence-corrected chi connectivity index (χ1v) is 7.53. The molecule has 2 rings (SSSR count). The summed E-state index contributed by atoms with van der Waals surface area (Å²) in [6, 6.07) is 15.0. The second-order valence-electron chi connectivity index (χ2n) is 5.36. The number of nitrogens with zero attached hydrogens (tertiary/aromatic N) is 1. The summed E-state index contributed by atoms with van der Waals surface area (Å²) in [5.41, 5.74) is 1.37. The van der Waals surface area contributed by atoms with Crippen LogP contribution in [-0.4, -0.2) is 46.1 Å². The second-order valence-corrected chi connectivity index (χ2v) is 5.36. The monoisotopic (exact) mass is 331 g/mol. The van der Waals surface area contributed by atoms with Crippen molar-refractivity contribution >= 4 is 6.09 Å². The fraction of sp³-hybridized carbons (Fsp3) is 0.278. The summed E-state index contributed by atoms with van der Waals surface area (Å²) >= 11 is 0. The number of aliphatic hydroxyl groups excluding tert-OH is 2. The van der Waals surface area contributed by atoms with E-state index < -0.39 is 24.8 Å². The number of methoxy groups -OCH3 is 1. The van der Waals surface area contributed by atoms with Crippen molar-refractivity contribution in [1.29, 1.82) is 0 Å². The first-order chi connectivity index (χ1) is 11.6. The normalized spacial score (nSPS) is 13.1. The summed E-state index contributed by atoms with van der Waals surface area (Å²) < 4.78 is 5.10. The van der Waals surface area contributed by atoms with E-state index in [0.717, 1.165) is 10.5 Å². The van der Waals surface area contributed by atoms with E-state index in [1.165, 1.54) is 7.11 Å². The molecule has 0 spiro atoms. The first kappa shape index (κ1) is 17.8. The predicted molar refractivity (Wildman–Crippen MR) is 88.8 cm³/mol. The molecule has 1 amide bonds. The van der Waals surface area contributed by atoms with Crippen molar-refractivity contribution in [2.45, 2.75) is 18.7 Å². The van der Waals surface area contributed by atoms with Gasteiger partial charge in [0.05, 0.1) is 19.8 Å². The lowest BCUT2D eigenvalue weighted by atomic mass is 9.99. The van der Waals surface area contributed by atoms with Crippen molar-refractivity contribution in [3.05, 3.63) is 65.7 Å². The Morgan fingerprint density at radius 3 is 2.25 bits per heavy atom. The lowest BCUT2D eigenvalue weighted by Gasteiger charge is -2.32. The van der Waals surface area contributed by atoms with Crippen molar-refractivity contribution in [2.24, 2.45) is 0 Å². The van der Waals surface area contributed by atoms with Crippen molar-refractivity contribution in [1.82, 2.24) is 4.90 Å². The predicted octanol–water partition coefficient (Wildman–Crippen LogP) is 2.27. The third kappa shape index (κ3) is 4.24. The van der Waals surface area contributed by atoms with Gasteiger partial charge in [0.2, 0.25) is 0 Å². The van der Waals surface area contributed by atoms with Crippen LogP contribution < -0.4 is 4.74 Å². The molecule has 0 aliphatic rings. The standard InChI is InChI=1S/C18H21NO5/c1-24-15-9-7-14(8-10-15)17(16(21)12-20)19(18(22)23)11-13-5-3-2-4-6-13/h2-10,16-17,20-21H,11-12H2,1H3,(H,22,23)/t16-,17-/m1/s1. The highest BCUT2D eigenvalue weighted by Crippen LogP contribution is 2.28. The molecule has 0 saturated heterocycles. The zero-order chi connectivity index (χ0) is 17.5. The van der Waals surface area contributed by atoms with E-state index in [9.17, 15) is 20.1 Å². The Balaban J connectivity index is 2.36. The molecule has 6 nitrogen and oxygen atoms in total. The van der Waals surface area contributed by atoms with Crippen LogP contribution in [0.2, 0.25) is 0 Å². The average molecular weight is 331 g/mol. The van der Waals surface area contributed by atoms with Crippen LogP contribution in [0.3, 0.4) is 0 Å². The van der Waals surface area contributed by atoms with Gasteiger partial charge in [-0.15, -0.1) is 0 Å². The minimum Gasteiger partial charge on any atom is -0.497 e. The van der Waals surface area contributed by atoms with Crippen molar-refractivity contribution in [3.63, 3.8) is 0 Å². The number of amides is 1. The molecule has 0 unspecified atom stereocenters. The first-order valence-electron chi connectivity index (χ1n) is 7.53. The van der Waals surface area contributed by atoms with Crippen LogP contribution in [0.25, 0.3) is 0 Å². The highest BCUT2D eigenvalue weighted by molar-refractivity contribution is 5.66. The van der Waals surface area contributed by atoms with Gasteiger partial charge in [-0.3, -0.25) is 4.90 Å². The molecule has 0 radical (unpaired) electrons. The van der Waals surface area contributed by atoms with Gasteiger partial charge in [0, 0.05) is 6.54 Å². The van der Waals surface area contributed by atoms with Crippen molar-refractivity contribution < 1.29 is 24.9 Å². The van der Waals surface area contributed by atoms with Gasteiger partial charge >= 0.3 is 6.09 Å². The number of aliphatic hydroxyl groups is 2. The summed E-state index contributed by atoms with van der Waals surface area (Å²) in [6.45, 7) is -0.445. The van der Waals surface area contributed by atoms with E-state index in [0.29, 0.717) is 11.3 Å². The molecule has 2 aromatic rings. The summed E-state index contributed by atoms with van der Waals surface area (Å²) in [5.74, 6) is 0.626. The Morgan fingerprint density at radius 2 is 1.75 bits per heavy atom. The molecule has 2 aromatic carbocycles. The molecule has 0 bridgehead atoms. The van der Waals surface area contributed by atoms with Crippen LogP contribution in [0.1, 0.15) is 17.2 Å². The largest absolute Gasteiger partial charge is 0.497 e. The summed E-state index contributed by atoms with van der Waals surface area (Å²) in [4.78, 5) is 12.9. The van der Waals surface area contributed by atoms with E-state index in [4.69, 9.17) is 4.74 Å². The maximum absolute atomic E-state index is 11.8. The van der Waals surface area contributed by atoms with Crippen molar-refractivity contribution in [3.8, 4) is 5.75 Å². The fourth-order valence-electron chi connectivity index (χ4n) is 2.58. The van der Waals surface area contributed by atoms with Crippen LogP contribution >= 0.6 is 0 Å². The quantitative estimate of drug-likeness (QED) is 0.724. The molecule has 128 valence electrons. The van der Waals surface area contributed by atoms with Gasteiger partial charge < -0.3 is 20.1 Å². The Hall–Kier alpha value is -2.57. The number of benzene rings is 2. The molecule has 6 heteroatoms. The number of carboxylic acid groups (broad SMARTS) is 1. The van der Waals surface area contributed by atoms with Gasteiger partial charge in [-0.1, -0.05) is 42.5 Å². The van der Waals surface area contributed by atoms with Crippen LogP contribution in [0, 0.1) is 0 Å². The minimum atomic E-state index is -1.24. The van der Waals surface area contributed by atoms with E-state index in [1.807, 2.05) is 30.3 Å². The SMILES string of the molecule is COc1ccc([C@H]([C@H](O)CO)N(Cc2ccccc2)C(=O)O)cc1.